The van der Waals surface area contributed by atoms with Gasteiger partial charge in [-0.2, -0.15) is 0 Å². The highest BCUT2D eigenvalue weighted by Gasteiger charge is 2.10. The van der Waals surface area contributed by atoms with Crippen LogP contribution in [-0.4, -0.2) is 0 Å². The summed E-state index contributed by atoms with van der Waals surface area (Å²) in [5, 5.41) is 1.39. The maximum absolute atomic E-state index is 2.29. The number of hydrogen-bond acceptors (Lipinski definition) is 1. The fourth-order valence-electron chi connectivity index (χ4n) is 2.30. The molecule has 84 valence electrons. The quantitative estimate of drug-likeness (QED) is 0.547. The monoisotopic (exact) mass is 238 g/mol. The van der Waals surface area contributed by atoms with Crippen molar-refractivity contribution < 1.29 is 0 Å². The van der Waals surface area contributed by atoms with Crippen molar-refractivity contribution in [3.05, 3.63) is 59.0 Å². The standard InChI is InChI=1S/C16H14S/c1-11-8-9-15-14(10-11)16(12(2)17-15)13-6-4-3-5-7-13/h3-10H,1-2H3. The molecule has 1 heterocycles. The summed E-state index contributed by atoms with van der Waals surface area (Å²) in [5.74, 6) is 0. The summed E-state index contributed by atoms with van der Waals surface area (Å²) in [6, 6.07) is 17.4. The molecular weight excluding hydrogens is 224 g/mol. The molecule has 0 aliphatic heterocycles. The molecular formula is C16H14S. The predicted octanol–water partition coefficient (Wildman–Crippen LogP) is 5.19. The third-order valence-corrected chi connectivity index (χ3v) is 4.17. The Hall–Kier alpha value is -1.60. The zero-order valence-corrected chi connectivity index (χ0v) is 10.8. The summed E-state index contributed by atoms with van der Waals surface area (Å²) < 4.78 is 1.38. The third kappa shape index (κ3) is 1.77. The average Bonchev–Trinajstić information content (AvgIpc) is 2.65. The first-order valence-electron chi connectivity index (χ1n) is 5.81. The van der Waals surface area contributed by atoms with Gasteiger partial charge >= 0.3 is 0 Å². The third-order valence-electron chi connectivity index (χ3n) is 3.08. The molecule has 0 N–H and O–H groups in total. The van der Waals surface area contributed by atoms with Crippen molar-refractivity contribution >= 4 is 21.4 Å². The first-order chi connectivity index (χ1) is 8.25. The minimum Gasteiger partial charge on any atom is -0.140 e. The van der Waals surface area contributed by atoms with Crippen molar-refractivity contribution in [2.24, 2.45) is 0 Å². The minimum atomic E-state index is 1.32. The molecule has 0 atom stereocenters. The van der Waals surface area contributed by atoms with Crippen molar-refractivity contribution in [3.8, 4) is 11.1 Å². The lowest BCUT2D eigenvalue weighted by Gasteiger charge is -2.02. The van der Waals surface area contributed by atoms with E-state index in [1.807, 2.05) is 11.3 Å². The summed E-state index contributed by atoms with van der Waals surface area (Å²) in [6.45, 7) is 4.36. The molecule has 0 spiro atoms. The zero-order valence-electron chi connectivity index (χ0n) is 10.0. The van der Waals surface area contributed by atoms with Gasteiger partial charge in [0.1, 0.15) is 0 Å². The largest absolute Gasteiger partial charge is 0.140 e. The summed E-state index contributed by atoms with van der Waals surface area (Å²) >= 11 is 1.88. The smallest absolute Gasteiger partial charge is 0.0352 e. The molecule has 0 unspecified atom stereocenters. The van der Waals surface area contributed by atoms with Gasteiger partial charge in [-0.1, -0.05) is 42.0 Å². The molecule has 0 fully saturated rings. The van der Waals surface area contributed by atoms with Gasteiger partial charge in [0.15, 0.2) is 0 Å². The SMILES string of the molecule is Cc1ccc2sc(C)c(-c3ccccc3)c2c1. The molecule has 0 nitrogen and oxygen atoms in total. The van der Waals surface area contributed by atoms with Gasteiger partial charge in [0.2, 0.25) is 0 Å². The van der Waals surface area contributed by atoms with Crippen molar-refractivity contribution in [1.29, 1.82) is 0 Å². The molecule has 0 saturated heterocycles. The summed E-state index contributed by atoms with van der Waals surface area (Å²) in [5.41, 5.74) is 4.05. The van der Waals surface area contributed by atoms with E-state index < -0.39 is 0 Å². The molecule has 3 rings (SSSR count). The molecule has 0 radical (unpaired) electrons. The van der Waals surface area contributed by atoms with Gasteiger partial charge in [0, 0.05) is 20.5 Å². The van der Waals surface area contributed by atoms with E-state index in [9.17, 15) is 0 Å². The van der Waals surface area contributed by atoms with E-state index in [4.69, 9.17) is 0 Å². The van der Waals surface area contributed by atoms with Crippen LogP contribution in [0.4, 0.5) is 0 Å². The fraction of sp³-hybridized carbons (Fsp3) is 0.125. The number of rotatable bonds is 1. The summed E-state index contributed by atoms with van der Waals surface area (Å²) in [4.78, 5) is 1.40. The molecule has 0 bridgehead atoms. The van der Waals surface area contributed by atoms with Crippen LogP contribution in [0.5, 0.6) is 0 Å². The Morgan fingerprint density at radius 1 is 0.882 bits per heavy atom. The van der Waals surface area contributed by atoms with Crippen LogP contribution in [0.2, 0.25) is 0 Å². The molecule has 17 heavy (non-hydrogen) atoms. The van der Waals surface area contributed by atoms with Crippen molar-refractivity contribution in [1.82, 2.24) is 0 Å². The molecule has 2 aromatic carbocycles. The lowest BCUT2D eigenvalue weighted by Crippen LogP contribution is -1.78. The highest BCUT2D eigenvalue weighted by molar-refractivity contribution is 7.19. The van der Waals surface area contributed by atoms with Crippen LogP contribution >= 0.6 is 11.3 Å². The van der Waals surface area contributed by atoms with Gasteiger partial charge in [-0.25, -0.2) is 0 Å². The molecule has 1 aromatic heterocycles. The Balaban J connectivity index is 2.35. The molecule has 0 aliphatic rings. The number of fused-ring (bicyclic) bond motifs is 1. The maximum Gasteiger partial charge on any atom is 0.0352 e. The normalized spacial score (nSPS) is 10.9. The highest BCUT2D eigenvalue weighted by Crippen LogP contribution is 2.38. The average molecular weight is 238 g/mol. The van der Waals surface area contributed by atoms with Gasteiger partial charge in [-0.3, -0.25) is 0 Å². The second-order valence-electron chi connectivity index (χ2n) is 4.40. The Bertz CT molecular complexity index is 663. The van der Waals surface area contributed by atoms with Crippen molar-refractivity contribution in [2.45, 2.75) is 13.8 Å². The molecule has 0 amide bonds. The first kappa shape index (κ1) is 10.5. The van der Waals surface area contributed by atoms with Crippen molar-refractivity contribution in [3.63, 3.8) is 0 Å². The summed E-state index contributed by atoms with van der Waals surface area (Å²) in [7, 11) is 0. The Kier molecular flexibility index (Phi) is 2.49. The highest BCUT2D eigenvalue weighted by atomic mass is 32.1. The van der Waals surface area contributed by atoms with Gasteiger partial charge in [-0.05, 0) is 31.5 Å². The van der Waals surface area contributed by atoms with E-state index in [1.54, 1.807) is 0 Å². The van der Waals surface area contributed by atoms with E-state index in [2.05, 4.69) is 62.4 Å². The zero-order chi connectivity index (χ0) is 11.8. The Morgan fingerprint density at radius 2 is 1.65 bits per heavy atom. The van der Waals surface area contributed by atoms with E-state index >= 15 is 0 Å². The number of thiophene rings is 1. The predicted molar refractivity (Wildman–Crippen MR) is 76.7 cm³/mol. The Labute approximate surface area is 106 Å². The molecule has 1 heteroatoms. The molecule has 3 aromatic rings. The van der Waals surface area contributed by atoms with E-state index in [0.29, 0.717) is 0 Å². The molecule has 0 saturated carbocycles. The van der Waals surface area contributed by atoms with Crippen LogP contribution in [0, 0.1) is 13.8 Å². The van der Waals surface area contributed by atoms with Crippen LogP contribution < -0.4 is 0 Å². The number of aryl methyl sites for hydroxylation is 2. The lowest BCUT2D eigenvalue weighted by atomic mass is 10.0. The maximum atomic E-state index is 2.29. The van der Waals surface area contributed by atoms with Gasteiger partial charge in [0.05, 0.1) is 0 Å². The van der Waals surface area contributed by atoms with Gasteiger partial charge in [0.25, 0.3) is 0 Å². The number of hydrogen-bond donors (Lipinski definition) is 0. The van der Waals surface area contributed by atoms with E-state index in [1.165, 1.54) is 31.7 Å². The van der Waals surface area contributed by atoms with Crippen LogP contribution in [-0.2, 0) is 0 Å². The van der Waals surface area contributed by atoms with Gasteiger partial charge in [-0.15, -0.1) is 11.3 Å². The van der Waals surface area contributed by atoms with Crippen molar-refractivity contribution in [2.75, 3.05) is 0 Å². The number of benzene rings is 2. The first-order valence-corrected chi connectivity index (χ1v) is 6.62. The van der Waals surface area contributed by atoms with Gasteiger partial charge < -0.3 is 0 Å². The van der Waals surface area contributed by atoms with Crippen LogP contribution in [0.25, 0.3) is 21.2 Å². The van der Waals surface area contributed by atoms with E-state index in [-0.39, 0.29) is 0 Å². The van der Waals surface area contributed by atoms with Crippen LogP contribution in [0.1, 0.15) is 10.4 Å². The fourth-order valence-corrected chi connectivity index (χ4v) is 3.36. The van der Waals surface area contributed by atoms with Crippen LogP contribution in [0.3, 0.4) is 0 Å². The minimum absolute atomic E-state index is 1.32. The summed E-state index contributed by atoms with van der Waals surface area (Å²) in [6.07, 6.45) is 0. The second kappa shape index (κ2) is 4.01. The van der Waals surface area contributed by atoms with Crippen LogP contribution in [0.15, 0.2) is 48.5 Å². The Morgan fingerprint density at radius 3 is 2.41 bits per heavy atom. The lowest BCUT2D eigenvalue weighted by molar-refractivity contribution is 1.51. The molecule has 0 aliphatic carbocycles. The topological polar surface area (TPSA) is 0 Å². The second-order valence-corrected chi connectivity index (χ2v) is 5.66. The van der Waals surface area contributed by atoms with E-state index in [0.717, 1.165) is 0 Å².